The molecule has 62 valence electrons. The van der Waals surface area contributed by atoms with Crippen molar-refractivity contribution in [1.29, 1.82) is 0 Å². The molecule has 0 aromatic heterocycles. The maximum absolute atomic E-state index is 12.1. The van der Waals surface area contributed by atoms with E-state index in [9.17, 15) is 8.78 Å². The molecule has 0 N–H and O–H groups in total. The minimum absolute atomic E-state index is 0. The summed E-state index contributed by atoms with van der Waals surface area (Å²) in [5, 5.41) is 0. The average molecular weight is 156 g/mol. The topological polar surface area (TPSA) is 0 Å². The average Bonchev–Trinajstić information content (AvgIpc) is 1.81. The molecule has 1 atom stereocenters. The Bertz CT molecular complexity index is 76.2. The van der Waals surface area contributed by atoms with Crippen LogP contribution in [-0.2, 0) is 0 Å². The second-order valence-corrected chi connectivity index (χ2v) is 2.93. The summed E-state index contributed by atoms with van der Waals surface area (Å²) in [6.45, 7) is 5.59. The van der Waals surface area contributed by atoms with Gasteiger partial charge in [0.1, 0.15) is 0 Å². The minimum Gasteiger partial charge on any atom is -0.421 e. The van der Waals surface area contributed by atoms with Gasteiger partial charge >= 0.3 is 18.9 Å². The Hall–Kier alpha value is 0.457. The smallest absolute Gasteiger partial charge is 0.421 e. The zero-order chi connectivity index (χ0) is 8.15. The first-order chi connectivity index (χ1) is 4.59. The number of hydrogen-bond donors (Lipinski definition) is 0. The molecule has 11 heavy (non-hydrogen) atoms. The predicted molar refractivity (Wildman–Crippen MR) is 38.7 cm³/mol. The Morgan fingerprint density at radius 3 is 1.82 bits per heavy atom. The third-order valence-corrected chi connectivity index (χ3v) is 1.68. The maximum atomic E-state index is 12.1. The van der Waals surface area contributed by atoms with E-state index < -0.39 is 12.3 Å². The van der Waals surface area contributed by atoms with Crippen molar-refractivity contribution in [2.24, 2.45) is 11.8 Å². The van der Waals surface area contributed by atoms with Crippen molar-refractivity contribution >= 4 is 0 Å². The van der Waals surface area contributed by atoms with Crippen LogP contribution in [0.2, 0.25) is 0 Å². The van der Waals surface area contributed by atoms with Crippen LogP contribution in [0.4, 0.5) is 8.78 Å². The molecule has 0 fully saturated rings. The molecule has 0 bridgehead atoms. The van der Waals surface area contributed by atoms with Crippen molar-refractivity contribution < 1.29 is 27.6 Å². The van der Waals surface area contributed by atoms with E-state index in [0.29, 0.717) is 6.42 Å². The number of hydrogen-bond acceptors (Lipinski definition) is 0. The Kier molecular flexibility index (Phi) is 9.07. The van der Waals surface area contributed by atoms with Crippen LogP contribution in [0.3, 0.4) is 0 Å². The monoisotopic (exact) mass is 156 g/mol. The largest absolute Gasteiger partial charge is 1.00 e. The van der Waals surface area contributed by atoms with E-state index in [-0.39, 0.29) is 24.8 Å². The third kappa shape index (κ3) is 5.70. The molecule has 0 rings (SSSR count). The molecule has 1 unspecified atom stereocenters. The molecule has 0 radical (unpaired) electrons. The molecule has 0 aliphatic heterocycles. The molecular formula is C8H15F2Li. The van der Waals surface area contributed by atoms with Gasteiger partial charge in [-0.1, -0.05) is 39.5 Å². The summed E-state index contributed by atoms with van der Waals surface area (Å²) in [5.41, 5.74) is 0. The van der Waals surface area contributed by atoms with Crippen molar-refractivity contribution in [3.8, 4) is 0 Å². The van der Waals surface area contributed by atoms with Gasteiger partial charge in [-0.25, -0.2) is 0 Å². The van der Waals surface area contributed by atoms with Crippen LogP contribution < -0.4 is 18.9 Å². The standard InChI is InChI=1S/C8H15F2.Li/c1-4-5-7(6(2)3)8(9)10;/h6-7H,4-5H2,1-3H3;/q-1;+1. The first-order valence-electron chi connectivity index (χ1n) is 3.77. The molecule has 0 spiro atoms. The van der Waals surface area contributed by atoms with Crippen LogP contribution in [0.25, 0.3) is 0 Å². The maximum Gasteiger partial charge on any atom is 1.00 e. The van der Waals surface area contributed by atoms with Gasteiger partial charge in [-0.2, -0.15) is 0 Å². The Labute approximate surface area is 79.9 Å². The molecule has 0 aromatic carbocycles. The van der Waals surface area contributed by atoms with Gasteiger partial charge < -0.3 is 8.78 Å². The van der Waals surface area contributed by atoms with E-state index >= 15 is 0 Å². The molecular weight excluding hydrogens is 141 g/mol. The van der Waals surface area contributed by atoms with Gasteiger partial charge in [-0.15, -0.1) is 5.92 Å². The zero-order valence-corrected chi connectivity index (χ0v) is 7.82. The van der Waals surface area contributed by atoms with Crippen LogP contribution in [0.5, 0.6) is 0 Å². The van der Waals surface area contributed by atoms with Crippen molar-refractivity contribution in [2.75, 3.05) is 0 Å². The van der Waals surface area contributed by atoms with Gasteiger partial charge in [0, 0.05) is 6.43 Å². The summed E-state index contributed by atoms with van der Waals surface area (Å²) in [6, 6.07) is 0. The van der Waals surface area contributed by atoms with Crippen LogP contribution in [-0.4, -0.2) is 0 Å². The summed E-state index contributed by atoms with van der Waals surface area (Å²) in [6.07, 6.45) is 0.0389. The van der Waals surface area contributed by atoms with Gasteiger partial charge in [-0.05, 0) is 0 Å². The summed E-state index contributed by atoms with van der Waals surface area (Å²) >= 11 is 0. The zero-order valence-electron chi connectivity index (χ0n) is 7.82. The Morgan fingerprint density at radius 2 is 1.73 bits per heavy atom. The van der Waals surface area contributed by atoms with Crippen LogP contribution >= 0.6 is 0 Å². The van der Waals surface area contributed by atoms with Gasteiger partial charge in [0.25, 0.3) is 0 Å². The molecule has 0 aliphatic rings. The predicted octanol–water partition coefficient (Wildman–Crippen LogP) is 0.491. The van der Waals surface area contributed by atoms with E-state index in [0.717, 1.165) is 6.42 Å². The van der Waals surface area contributed by atoms with Crippen molar-refractivity contribution in [1.82, 2.24) is 0 Å². The van der Waals surface area contributed by atoms with E-state index in [1.54, 1.807) is 0 Å². The molecule has 0 aromatic rings. The Morgan fingerprint density at radius 1 is 1.27 bits per heavy atom. The van der Waals surface area contributed by atoms with Crippen molar-refractivity contribution in [2.45, 2.75) is 33.6 Å². The van der Waals surface area contributed by atoms with E-state index in [1.165, 1.54) is 0 Å². The molecule has 0 saturated carbocycles. The molecule has 0 aliphatic carbocycles. The van der Waals surface area contributed by atoms with E-state index in [4.69, 9.17) is 0 Å². The van der Waals surface area contributed by atoms with Gasteiger partial charge in [0.05, 0.1) is 0 Å². The normalized spacial score (nSPS) is 13.4. The SMILES string of the molecule is CCCC([C-](F)F)C(C)C.[Li+]. The van der Waals surface area contributed by atoms with Crippen LogP contribution in [0.1, 0.15) is 33.6 Å². The first-order valence-corrected chi connectivity index (χ1v) is 3.77. The van der Waals surface area contributed by atoms with Crippen molar-refractivity contribution in [3.05, 3.63) is 6.43 Å². The summed E-state index contributed by atoms with van der Waals surface area (Å²) in [7, 11) is 0. The number of halogens is 2. The molecule has 0 nitrogen and oxygen atoms in total. The fourth-order valence-corrected chi connectivity index (χ4v) is 1.01. The van der Waals surface area contributed by atoms with Gasteiger partial charge in [0.2, 0.25) is 0 Å². The fraction of sp³-hybridized carbons (Fsp3) is 0.875. The molecule has 0 heterocycles. The quantitative estimate of drug-likeness (QED) is 0.410. The van der Waals surface area contributed by atoms with E-state index in [2.05, 4.69) is 0 Å². The first kappa shape index (κ1) is 14.0. The van der Waals surface area contributed by atoms with Crippen LogP contribution in [0.15, 0.2) is 0 Å². The minimum atomic E-state index is -1.41. The summed E-state index contributed by atoms with van der Waals surface area (Å²) in [5.74, 6) is -0.407. The van der Waals surface area contributed by atoms with Crippen LogP contribution in [0, 0.1) is 18.3 Å². The van der Waals surface area contributed by atoms with E-state index in [1.807, 2.05) is 20.8 Å². The summed E-state index contributed by atoms with van der Waals surface area (Å²) in [4.78, 5) is 0. The van der Waals surface area contributed by atoms with Gasteiger partial charge in [-0.3, -0.25) is 0 Å². The second-order valence-electron chi connectivity index (χ2n) is 2.93. The molecule has 3 heteroatoms. The second kappa shape index (κ2) is 7.13. The summed E-state index contributed by atoms with van der Waals surface area (Å²) < 4.78 is 24.1. The molecule has 0 amide bonds. The molecule has 0 saturated heterocycles. The number of rotatable bonds is 4. The van der Waals surface area contributed by atoms with Crippen molar-refractivity contribution in [3.63, 3.8) is 0 Å². The fourth-order valence-electron chi connectivity index (χ4n) is 1.01. The van der Waals surface area contributed by atoms with Gasteiger partial charge in [0.15, 0.2) is 0 Å². The Balaban J connectivity index is 0. The third-order valence-electron chi connectivity index (χ3n) is 1.68.